The predicted molar refractivity (Wildman–Crippen MR) is 96.1 cm³/mol. The number of benzene rings is 1. The number of anilines is 1. The fourth-order valence-electron chi connectivity index (χ4n) is 2.40. The van der Waals surface area contributed by atoms with Crippen molar-refractivity contribution in [2.45, 2.75) is 20.0 Å². The van der Waals surface area contributed by atoms with Gasteiger partial charge in [0.15, 0.2) is 0 Å². The predicted octanol–water partition coefficient (Wildman–Crippen LogP) is 3.51. The first-order valence-electron chi connectivity index (χ1n) is 7.76. The number of aliphatic hydroxyl groups excluding tert-OH is 1. The molecule has 0 radical (unpaired) electrons. The van der Waals surface area contributed by atoms with Crippen LogP contribution in [-0.2, 0) is 13.1 Å². The van der Waals surface area contributed by atoms with Gasteiger partial charge in [-0.1, -0.05) is 29.8 Å². The van der Waals surface area contributed by atoms with Gasteiger partial charge in [0.1, 0.15) is 5.82 Å². The highest BCUT2D eigenvalue weighted by Gasteiger charge is 2.10. The summed E-state index contributed by atoms with van der Waals surface area (Å²) in [4.78, 5) is 4.39. The van der Waals surface area contributed by atoms with Crippen molar-refractivity contribution in [3.63, 3.8) is 0 Å². The second kappa shape index (κ2) is 7.47. The number of aromatic nitrogens is 3. The van der Waals surface area contributed by atoms with Crippen LogP contribution in [0, 0.1) is 6.92 Å². The molecule has 24 heavy (non-hydrogen) atoms. The molecule has 2 heterocycles. The Morgan fingerprint density at radius 3 is 2.79 bits per heavy atom. The number of halogens is 1. The van der Waals surface area contributed by atoms with Crippen LogP contribution in [0.15, 0.2) is 48.7 Å². The molecule has 0 aliphatic rings. The van der Waals surface area contributed by atoms with Gasteiger partial charge in [0.25, 0.3) is 0 Å². The van der Waals surface area contributed by atoms with Gasteiger partial charge in [-0.05, 0) is 30.7 Å². The van der Waals surface area contributed by atoms with Crippen molar-refractivity contribution in [2.24, 2.45) is 0 Å². The zero-order valence-corrected chi connectivity index (χ0v) is 14.2. The van der Waals surface area contributed by atoms with E-state index in [1.807, 2.05) is 55.6 Å². The Bertz CT molecular complexity index is 814. The Kier molecular flexibility index (Phi) is 5.13. The SMILES string of the molecule is Cc1ccc(CNc2cc(-c3cccc(Cl)c3)nn2CCO)nc1. The third kappa shape index (κ3) is 3.93. The van der Waals surface area contributed by atoms with E-state index in [0.717, 1.165) is 28.3 Å². The number of aryl methyl sites for hydroxylation is 1. The summed E-state index contributed by atoms with van der Waals surface area (Å²) in [5.74, 6) is 0.835. The first kappa shape index (κ1) is 16.5. The molecule has 2 N–H and O–H groups in total. The molecule has 0 fully saturated rings. The normalized spacial score (nSPS) is 10.8. The minimum Gasteiger partial charge on any atom is -0.394 e. The Labute approximate surface area is 145 Å². The Hall–Kier alpha value is -2.37. The molecule has 0 atom stereocenters. The Morgan fingerprint density at radius 1 is 1.21 bits per heavy atom. The molecule has 6 heteroatoms. The monoisotopic (exact) mass is 342 g/mol. The smallest absolute Gasteiger partial charge is 0.125 e. The molecule has 3 aromatic rings. The second-order valence-electron chi connectivity index (χ2n) is 5.55. The average Bonchev–Trinajstić information content (AvgIpc) is 2.98. The maximum atomic E-state index is 9.26. The molecular formula is C18H19ClN4O. The maximum absolute atomic E-state index is 9.26. The van der Waals surface area contributed by atoms with Crippen LogP contribution < -0.4 is 5.32 Å². The second-order valence-corrected chi connectivity index (χ2v) is 5.99. The fourth-order valence-corrected chi connectivity index (χ4v) is 2.59. The molecule has 0 amide bonds. The number of nitrogens with zero attached hydrogens (tertiary/aromatic N) is 3. The van der Waals surface area contributed by atoms with Crippen molar-refractivity contribution in [1.82, 2.24) is 14.8 Å². The van der Waals surface area contributed by atoms with E-state index in [1.165, 1.54) is 0 Å². The van der Waals surface area contributed by atoms with Crippen LogP contribution in [0.4, 0.5) is 5.82 Å². The van der Waals surface area contributed by atoms with Crippen LogP contribution in [-0.4, -0.2) is 26.5 Å². The van der Waals surface area contributed by atoms with Crippen molar-refractivity contribution in [2.75, 3.05) is 11.9 Å². The maximum Gasteiger partial charge on any atom is 0.125 e. The van der Waals surface area contributed by atoms with E-state index in [2.05, 4.69) is 15.4 Å². The summed E-state index contributed by atoms with van der Waals surface area (Å²) < 4.78 is 1.75. The lowest BCUT2D eigenvalue weighted by Crippen LogP contribution is -2.10. The van der Waals surface area contributed by atoms with E-state index >= 15 is 0 Å². The fraction of sp³-hybridized carbons (Fsp3) is 0.222. The molecule has 1 aromatic carbocycles. The van der Waals surface area contributed by atoms with Gasteiger partial charge in [-0.2, -0.15) is 5.10 Å². The van der Waals surface area contributed by atoms with Crippen LogP contribution >= 0.6 is 11.6 Å². The average molecular weight is 343 g/mol. The molecule has 0 aliphatic carbocycles. The van der Waals surface area contributed by atoms with Gasteiger partial charge < -0.3 is 10.4 Å². The molecule has 0 bridgehead atoms. The number of hydrogen-bond acceptors (Lipinski definition) is 4. The van der Waals surface area contributed by atoms with E-state index < -0.39 is 0 Å². The third-order valence-electron chi connectivity index (χ3n) is 3.64. The molecular weight excluding hydrogens is 324 g/mol. The van der Waals surface area contributed by atoms with Gasteiger partial charge >= 0.3 is 0 Å². The van der Waals surface area contributed by atoms with Crippen LogP contribution in [0.25, 0.3) is 11.3 Å². The van der Waals surface area contributed by atoms with Gasteiger partial charge in [0, 0.05) is 22.8 Å². The highest BCUT2D eigenvalue weighted by Crippen LogP contribution is 2.24. The van der Waals surface area contributed by atoms with E-state index in [0.29, 0.717) is 18.1 Å². The quantitative estimate of drug-likeness (QED) is 0.719. The first-order chi connectivity index (χ1) is 11.7. The topological polar surface area (TPSA) is 63.0 Å². The highest BCUT2D eigenvalue weighted by molar-refractivity contribution is 6.30. The summed E-state index contributed by atoms with van der Waals surface area (Å²) in [5.41, 5.74) is 3.83. The van der Waals surface area contributed by atoms with Crippen molar-refractivity contribution < 1.29 is 5.11 Å². The summed E-state index contributed by atoms with van der Waals surface area (Å²) in [5, 5.41) is 17.8. The number of pyridine rings is 1. The number of nitrogens with one attached hydrogen (secondary N) is 1. The standard InChI is InChI=1S/C18H19ClN4O/c1-13-5-6-16(20-11-13)12-21-18-10-17(22-23(18)7-8-24)14-3-2-4-15(19)9-14/h2-6,9-11,21,24H,7-8,12H2,1H3. The highest BCUT2D eigenvalue weighted by atomic mass is 35.5. The number of aliphatic hydroxyl groups is 1. The summed E-state index contributed by atoms with van der Waals surface area (Å²) >= 11 is 6.06. The zero-order valence-electron chi connectivity index (χ0n) is 13.4. The molecule has 0 aliphatic heterocycles. The summed E-state index contributed by atoms with van der Waals surface area (Å²) in [6, 6.07) is 13.5. The van der Waals surface area contributed by atoms with E-state index in [-0.39, 0.29) is 6.61 Å². The third-order valence-corrected chi connectivity index (χ3v) is 3.87. The van der Waals surface area contributed by atoms with Gasteiger partial charge in [-0.3, -0.25) is 4.98 Å². The molecule has 0 spiro atoms. The molecule has 0 saturated heterocycles. The van der Waals surface area contributed by atoms with E-state index in [4.69, 9.17) is 11.6 Å². The summed E-state index contributed by atoms with van der Waals surface area (Å²) in [6.07, 6.45) is 1.85. The zero-order chi connectivity index (χ0) is 16.9. The molecule has 0 unspecified atom stereocenters. The minimum absolute atomic E-state index is 0.0220. The molecule has 124 valence electrons. The minimum atomic E-state index is 0.0220. The van der Waals surface area contributed by atoms with Gasteiger partial charge in [-0.25, -0.2) is 4.68 Å². The van der Waals surface area contributed by atoms with Crippen LogP contribution in [0.3, 0.4) is 0 Å². The van der Waals surface area contributed by atoms with Crippen molar-refractivity contribution in [3.8, 4) is 11.3 Å². The number of hydrogen-bond donors (Lipinski definition) is 2. The van der Waals surface area contributed by atoms with Gasteiger partial charge in [-0.15, -0.1) is 0 Å². The van der Waals surface area contributed by atoms with Gasteiger partial charge in [0.2, 0.25) is 0 Å². The molecule has 3 rings (SSSR count). The lowest BCUT2D eigenvalue weighted by Gasteiger charge is -2.08. The largest absolute Gasteiger partial charge is 0.394 e. The lowest BCUT2D eigenvalue weighted by atomic mass is 10.1. The lowest BCUT2D eigenvalue weighted by molar-refractivity contribution is 0.270. The molecule has 2 aromatic heterocycles. The molecule has 5 nitrogen and oxygen atoms in total. The van der Waals surface area contributed by atoms with E-state index in [1.54, 1.807) is 4.68 Å². The first-order valence-corrected chi connectivity index (χ1v) is 8.13. The van der Waals surface area contributed by atoms with E-state index in [9.17, 15) is 5.11 Å². The van der Waals surface area contributed by atoms with Crippen LogP contribution in [0.5, 0.6) is 0 Å². The Balaban J connectivity index is 1.82. The Morgan fingerprint density at radius 2 is 2.08 bits per heavy atom. The van der Waals surface area contributed by atoms with Crippen molar-refractivity contribution >= 4 is 17.4 Å². The summed E-state index contributed by atoms with van der Waals surface area (Å²) in [7, 11) is 0. The molecule has 0 saturated carbocycles. The van der Waals surface area contributed by atoms with Crippen molar-refractivity contribution in [3.05, 3.63) is 64.9 Å². The number of rotatable bonds is 6. The van der Waals surface area contributed by atoms with Crippen molar-refractivity contribution in [1.29, 1.82) is 0 Å². The summed E-state index contributed by atoms with van der Waals surface area (Å²) in [6.45, 7) is 3.04. The van der Waals surface area contributed by atoms with Crippen LogP contribution in [0.2, 0.25) is 5.02 Å². The van der Waals surface area contributed by atoms with Crippen LogP contribution in [0.1, 0.15) is 11.3 Å². The van der Waals surface area contributed by atoms with Gasteiger partial charge in [0.05, 0.1) is 31.1 Å².